The number of phenols is 1. The van der Waals surface area contributed by atoms with Crippen LogP contribution in [0.4, 0.5) is 0 Å². The summed E-state index contributed by atoms with van der Waals surface area (Å²) in [5, 5.41) is 30.2. The Hall–Kier alpha value is -6.15. The second kappa shape index (κ2) is 28.5. The highest BCUT2D eigenvalue weighted by Gasteiger charge is 2.39. The predicted octanol–water partition coefficient (Wildman–Crippen LogP) is -3.07. The van der Waals surface area contributed by atoms with E-state index in [-0.39, 0.29) is 36.0 Å². The Bertz CT molecular complexity index is 2060. The normalized spacial score (nSPS) is 22.6. The van der Waals surface area contributed by atoms with Crippen LogP contribution in [0.5, 0.6) is 5.75 Å². The highest BCUT2D eigenvalue weighted by molar-refractivity contribution is 8.76. The van der Waals surface area contributed by atoms with E-state index >= 15 is 0 Å². The van der Waals surface area contributed by atoms with Crippen molar-refractivity contribution in [3.63, 3.8) is 0 Å². The van der Waals surface area contributed by atoms with Crippen molar-refractivity contribution in [2.24, 2.45) is 40.2 Å². The van der Waals surface area contributed by atoms with E-state index in [0.29, 0.717) is 12.0 Å². The number of aromatic hydroxyl groups is 1. The molecule has 390 valence electrons. The van der Waals surface area contributed by atoms with E-state index in [2.05, 4.69) is 42.5 Å². The fraction of sp³-hybridized carbons (Fsp3) is 0.614. The fourth-order valence-corrected chi connectivity index (χ4v) is 9.04. The van der Waals surface area contributed by atoms with E-state index in [9.17, 15) is 57.8 Å². The van der Waals surface area contributed by atoms with Gasteiger partial charge in [-0.25, -0.2) is 0 Å². The predicted molar refractivity (Wildman–Crippen MR) is 261 cm³/mol. The molecule has 0 radical (unpaired) electrons. The number of rotatable bonds is 18. The Kier molecular flexibility index (Phi) is 24.4. The van der Waals surface area contributed by atoms with E-state index < -0.39 is 150 Å². The number of benzene rings is 1. The zero-order valence-electron chi connectivity index (χ0n) is 40.5. The summed E-state index contributed by atoms with van der Waals surface area (Å²) in [7, 11) is 1.98. The van der Waals surface area contributed by atoms with Crippen LogP contribution in [0.15, 0.2) is 24.3 Å². The minimum atomic E-state index is -1.78. The maximum Gasteiger partial charge on any atom is 0.244 e. The van der Waals surface area contributed by atoms with Crippen LogP contribution in [0.2, 0.25) is 0 Å². The number of hydrogen-bond acceptors (Lipinski definition) is 15. The lowest BCUT2D eigenvalue weighted by molar-refractivity contribution is -0.137. The van der Waals surface area contributed by atoms with Crippen molar-refractivity contribution in [1.82, 2.24) is 42.5 Å². The molecule has 70 heavy (non-hydrogen) atoms. The molecule has 0 aromatic heterocycles. The molecule has 1 aliphatic rings. The van der Waals surface area contributed by atoms with Gasteiger partial charge in [0, 0.05) is 24.3 Å². The number of primary amides is 3. The molecule has 11 amide bonds. The van der Waals surface area contributed by atoms with Crippen LogP contribution in [0.25, 0.3) is 0 Å². The number of nitrogens with one attached hydrogen (secondary N) is 8. The van der Waals surface area contributed by atoms with Gasteiger partial charge in [-0.05, 0) is 47.8 Å². The molecule has 1 aromatic rings. The van der Waals surface area contributed by atoms with Crippen molar-refractivity contribution in [2.75, 3.05) is 18.1 Å². The average Bonchev–Trinajstić information content (AvgIpc) is 3.26. The fourth-order valence-electron chi connectivity index (χ4n) is 6.75. The first-order chi connectivity index (χ1) is 32.6. The van der Waals surface area contributed by atoms with Gasteiger partial charge in [-0.15, -0.1) is 0 Å². The molecule has 17 N–H and O–H groups in total. The third-order valence-corrected chi connectivity index (χ3v) is 13.3. The molecule has 0 bridgehead atoms. The molecule has 0 unspecified atom stereocenters. The van der Waals surface area contributed by atoms with E-state index in [1.165, 1.54) is 24.3 Å². The minimum Gasteiger partial charge on any atom is -0.508 e. The van der Waals surface area contributed by atoms with Gasteiger partial charge in [0.15, 0.2) is 0 Å². The Morgan fingerprint density at radius 2 is 1.30 bits per heavy atom. The zero-order valence-corrected chi connectivity index (χ0v) is 42.1. The number of amides is 11. The maximum absolute atomic E-state index is 14.3. The molecule has 26 heteroatoms. The minimum absolute atomic E-state index is 0.0518. The van der Waals surface area contributed by atoms with Crippen LogP contribution in [0.3, 0.4) is 0 Å². The first-order valence-corrected chi connectivity index (χ1v) is 25.1. The van der Waals surface area contributed by atoms with Crippen molar-refractivity contribution >= 4 is 86.6 Å². The molecule has 24 nitrogen and oxygen atoms in total. The van der Waals surface area contributed by atoms with Crippen LogP contribution in [0.1, 0.15) is 86.1 Å². The molecule has 9 atom stereocenters. The number of nitrogens with two attached hydrogens (primary N) is 4. The molecular formula is C44H70N12O12S2. The second-order valence-corrected chi connectivity index (χ2v) is 21.1. The van der Waals surface area contributed by atoms with Gasteiger partial charge in [0.1, 0.15) is 48.0 Å². The highest BCUT2D eigenvalue weighted by Crippen LogP contribution is 2.25. The Labute approximate surface area is 414 Å². The van der Waals surface area contributed by atoms with Gasteiger partial charge in [-0.3, -0.25) is 52.7 Å². The first-order valence-electron chi connectivity index (χ1n) is 22.7. The largest absolute Gasteiger partial charge is 0.508 e. The molecular weight excluding hydrogens is 953 g/mol. The molecule has 0 spiro atoms. The lowest BCUT2D eigenvalue weighted by Crippen LogP contribution is -2.62. The summed E-state index contributed by atoms with van der Waals surface area (Å²) in [6.07, 6.45) is -1.31. The van der Waals surface area contributed by atoms with Crippen molar-refractivity contribution in [3.8, 4) is 5.75 Å². The first kappa shape index (κ1) is 60.0. The number of carbonyl (C=O) groups excluding carboxylic acids is 11. The van der Waals surface area contributed by atoms with Crippen LogP contribution in [-0.2, 0) is 59.2 Å². The Morgan fingerprint density at radius 1 is 0.729 bits per heavy atom. The summed E-state index contributed by atoms with van der Waals surface area (Å²) in [4.78, 5) is 147. The standard InChI is InChI=1S/C44H70N12O12S2/c1-8-22(4)34-42(67)50-26(13-14-31(46)58)38(63)52-29(17-32(47)59)39(64)54-30(20-70-69-19-25(45)36(61)51-28(40(65)55-34)16-23-9-11-24(57)12-10-23)41(66)56-35(44(5,6)7)43(68)53-27(15-21(2)3)37(62)49-18-33(48)60/h9-12,21-22,25-30,34-35,57H,8,13-20,45H2,1-7H3,(H2,46,58)(H2,47,59)(H2,48,60)(H,49,62)(H,50,67)(H,51,61)(H,52,63)(H,53,68)(H,54,64)(H,55,65)(H,56,66)/t22-,25-,26-,27-,28-,29-,30-,34-,35+/m0/s1. The van der Waals surface area contributed by atoms with Crippen LogP contribution < -0.4 is 65.5 Å². The lowest BCUT2D eigenvalue weighted by Gasteiger charge is -2.33. The highest BCUT2D eigenvalue weighted by atomic mass is 33.1. The van der Waals surface area contributed by atoms with E-state index in [4.69, 9.17) is 22.9 Å². The summed E-state index contributed by atoms with van der Waals surface area (Å²) in [6.45, 7) is 11.4. The third kappa shape index (κ3) is 20.8. The molecule has 1 saturated heterocycles. The van der Waals surface area contributed by atoms with Crippen LogP contribution in [0, 0.1) is 17.3 Å². The molecule has 1 aliphatic heterocycles. The van der Waals surface area contributed by atoms with Gasteiger partial charge in [0.2, 0.25) is 65.0 Å². The van der Waals surface area contributed by atoms with Crippen LogP contribution >= 0.6 is 21.6 Å². The average molecular weight is 1020 g/mol. The summed E-state index contributed by atoms with van der Waals surface area (Å²) < 4.78 is 0. The summed E-state index contributed by atoms with van der Waals surface area (Å²) in [5.41, 5.74) is 21.9. The topological polar surface area (TPSA) is 408 Å². The van der Waals surface area contributed by atoms with Crippen molar-refractivity contribution < 1.29 is 57.8 Å². The van der Waals surface area contributed by atoms with Crippen molar-refractivity contribution in [1.29, 1.82) is 0 Å². The summed E-state index contributed by atoms with van der Waals surface area (Å²) >= 11 is 0. The zero-order chi connectivity index (χ0) is 53.0. The van der Waals surface area contributed by atoms with E-state index in [1.54, 1.807) is 48.5 Å². The van der Waals surface area contributed by atoms with Crippen molar-refractivity contribution in [2.45, 2.75) is 135 Å². The Morgan fingerprint density at radius 3 is 1.86 bits per heavy atom. The monoisotopic (exact) mass is 1020 g/mol. The van der Waals surface area contributed by atoms with Gasteiger partial charge in [-0.2, -0.15) is 0 Å². The number of carbonyl (C=O) groups is 11. The number of hydrogen-bond donors (Lipinski definition) is 13. The SMILES string of the molecule is CC[C@H](C)[C@@H]1NC(=O)[C@H](Cc2ccc(O)cc2)NC(=O)[C@@H](N)CSSC[C@@H](C(=O)N[C@H](C(=O)N[C@@H](CC(C)C)C(=O)NCC(N)=O)C(C)(C)C)NC(=O)[C@H](CC(N)=O)NC(=O)[C@H](CCC(N)=O)NC1=O. The van der Waals surface area contributed by atoms with Gasteiger partial charge in [-0.1, -0.05) is 88.6 Å². The summed E-state index contributed by atoms with van der Waals surface area (Å²) in [5.74, 6) is -11.0. The molecule has 1 fully saturated rings. The molecule has 0 aliphatic carbocycles. The number of phenolic OH excluding ortho intramolecular Hbond substituents is 1. The molecule has 2 rings (SSSR count). The molecule has 1 heterocycles. The van der Waals surface area contributed by atoms with E-state index in [1.807, 2.05) is 0 Å². The quantitative estimate of drug-likeness (QED) is 0.0649. The van der Waals surface area contributed by atoms with Crippen LogP contribution in [-0.4, -0.2) is 136 Å². The van der Waals surface area contributed by atoms with Gasteiger partial charge >= 0.3 is 0 Å². The molecule has 0 saturated carbocycles. The maximum atomic E-state index is 14.3. The molecule has 1 aromatic carbocycles. The van der Waals surface area contributed by atoms with Gasteiger partial charge in [0.05, 0.1) is 19.0 Å². The Balaban J connectivity index is 2.67. The smallest absolute Gasteiger partial charge is 0.244 e. The van der Waals surface area contributed by atoms with Gasteiger partial charge < -0.3 is 70.6 Å². The summed E-state index contributed by atoms with van der Waals surface area (Å²) in [6, 6.07) is -5.54. The van der Waals surface area contributed by atoms with E-state index in [0.717, 1.165) is 21.6 Å². The second-order valence-electron chi connectivity index (χ2n) is 18.5. The lowest BCUT2D eigenvalue weighted by atomic mass is 9.85. The van der Waals surface area contributed by atoms with Gasteiger partial charge in [0.25, 0.3) is 0 Å². The third-order valence-electron chi connectivity index (χ3n) is 10.9. The van der Waals surface area contributed by atoms with Crippen molar-refractivity contribution in [3.05, 3.63) is 29.8 Å².